The third-order valence-electron chi connectivity index (χ3n) is 2.36. The zero-order valence-electron chi connectivity index (χ0n) is 10.4. The standard InChI is InChI=1S/C11H17N5S/c1-8-9(2)16-10(15-8)5-4-6-13-11(17-3)14-7-12/h4-6H2,1-3H3,(H,13,14)(H,15,16). The molecule has 1 aromatic heterocycles. The van der Waals surface area contributed by atoms with Crippen molar-refractivity contribution in [3.63, 3.8) is 0 Å². The molecule has 1 rings (SSSR count). The normalized spacial score (nSPS) is 11.3. The van der Waals surface area contributed by atoms with E-state index in [0.29, 0.717) is 11.7 Å². The van der Waals surface area contributed by atoms with Crippen molar-refractivity contribution >= 4 is 16.9 Å². The van der Waals surface area contributed by atoms with Crippen molar-refractivity contribution in [1.82, 2.24) is 15.3 Å². The number of aliphatic imine (C=N–C) groups is 1. The van der Waals surface area contributed by atoms with E-state index < -0.39 is 0 Å². The van der Waals surface area contributed by atoms with E-state index in [0.717, 1.165) is 30.1 Å². The summed E-state index contributed by atoms with van der Waals surface area (Å²) in [6.45, 7) is 4.71. The summed E-state index contributed by atoms with van der Waals surface area (Å²) in [5.41, 5.74) is 2.18. The van der Waals surface area contributed by atoms with Crippen molar-refractivity contribution in [2.75, 3.05) is 12.8 Å². The van der Waals surface area contributed by atoms with Crippen LogP contribution < -0.4 is 5.32 Å². The third kappa shape index (κ3) is 4.49. The second kappa shape index (κ2) is 6.97. The molecule has 0 spiro atoms. The molecule has 6 heteroatoms. The van der Waals surface area contributed by atoms with Crippen LogP contribution in [0.15, 0.2) is 4.99 Å². The van der Waals surface area contributed by atoms with Crippen LogP contribution in [0.4, 0.5) is 0 Å². The zero-order valence-corrected chi connectivity index (χ0v) is 11.2. The van der Waals surface area contributed by atoms with Crippen LogP contribution in [0.3, 0.4) is 0 Å². The summed E-state index contributed by atoms with van der Waals surface area (Å²) in [7, 11) is 0. The van der Waals surface area contributed by atoms with Crippen molar-refractivity contribution in [2.45, 2.75) is 26.7 Å². The second-order valence-corrected chi connectivity index (χ2v) is 4.42. The van der Waals surface area contributed by atoms with Gasteiger partial charge in [-0.3, -0.25) is 10.3 Å². The number of amidine groups is 1. The van der Waals surface area contributed by atoms with Crippen LogP contribution in [-0.4, -0.2) is 27.9 Å². The number of thioether (sulfide) groups is 1. The zero-order chi connectivity index (χ0) is 12.7. The first-order chi connectivity index (χ1) is 8.17. The Bertz CT molecular complexity index is 410. The molecule has 0 bridgehead atoms. The van der Waals surface area contributed by atoms with Crippen LogP contribution in [0, 0.1) is 25.3 Å². The second-order valence-electron chi connectivity index (χ2n) is 3.63. The summed E-state index contributed by atoms with van der Waals surface area (Å²) < 4.78 is 0. The monoisotopic (exact) mass is 251 g/mol. The number of nitriles is 1. The number of hydrogen-bond donors (Lipinski definition) is 2. The van der Waals surface area contributed by atoms with Crippen LogP contribution >= 0.6 is 11.8 Å². The number of rotatable bonds is 4. The minimum absolute atomic E-state index is 0.666. The van der Waals surface area contributed by atoms with Crippen LogP contribution in [0.25, 0.3) is 0 Å². The predicted octanol–water partition coefficient (Wildman–Crippen LogP) is 1.75. The van der Waals surface area contributed by atoms with Crippen molar-refractivity contribution in [3.05, 3.63) is 17.2 Å². The van der Waals surface area contributed by atoms with Gasteiger partial charge in [0.1, 0.15) is 5.82 Å². The van der Waals surface area contributed by atoms with Gasteiger partial charge in [-0.25, -0.2) is 4.98 Å². The maximum atomic E-state index is 8.47. The Morgan fingerprint density at radius 1 is 1.59 bits per heavy atom. The fraction of sp³-hybridized carbons (Fsp3) is 0.545. The van der Waals surface area contributed by atoms with E-state index in [1.165, 1.54) is 11.8 Å². The molecule has 0 fully saturated rings. The van der Waals surface area contributed by atoms with E-state index in [4.69, 9.17) is 5.26 Å². The average Bonchev–Trinajstić information content (AvgIpc) is 2.63. The number of aromatic amines is 1. The highest BCUT2D eigenvalue weighted by Crippen LogP contribution is 2.05. The number of aromatic nitrogens is 2. The Balaban J connectivity index is 2.35. The fourth-order valence-electron chi connectivity index (χ4n) is 1.37. The van der Waals surface area contributed by atoms with Gasteiger partial charge in [0, 0.05) is 18.7 Å². The Morgan fingerprint density at radius 2 is 2.35 bits per heavy atom. The lowest BCUT2D eigenvalue weighted by atomic mass is 10.3. The number of imidazole rings is 1. The fourth-order valence-corrected chi connectivity index (χ4v) is 1.74. The van der Waals surface area contributed by atoms with Gasteiger partial charge in [0.05, 0.1) is 5.69 Å². The van der Waals surface area contributed by atoms with Gasteiger partial charge in [0.25, 0.3) is 0 Å². The van der Waals surface area contributed by atoms with E-state index in [9.17, 15) is 0 Å². The molecule has 0 aliphatic heterocycles. The molecular weight excluding hydrogens is 234 g/mol. The third-order valence-corrected chi connectivity index (χ3v) is 2.98. The molecule has 1 aromatic rings. The molecule has 0 unspecified atom stereocenters. The lowest BCUT2D eigenvalue weighted by Gasteiger charge is -1.99. The summed E-state index contributed by atoms with van der Waals surface area (Å²) in [5, 5.41) is 11.7. The van der Waals surface area contributed by atoms with Crippen LogP contribution in [0.1, 0.15) is 23.6 Å². The van der Waals surface area contributed by atoms with Gasteiger partial charge in [-0.2, -0.15) is 5.26 Å². The van der Waals surface area contributed by atoms with Gasteiger partial charge < -0.3 is 4.98 Å². The summed E-state index contributed by atoms with van der Waals surface area (Å²) in [6, 6.07) is 0. The van der Waals surface area contributed by atoms with E-state index >= 15 is 0 Å². The lowest BCUT2D eigenvalue weighted by molar-refractivity contribution is 0.791. The molecular formula is C11H17N5S. The molecule has 0 atom stereocenters. The average molecular weight is 251 g/mol. The maximum Gasteiger partial charge on any atom is 0.183 e. The summed E-state index contributed by atoms with van der Waals surface area (Å²) in [5.74, 6) is 1.01. The maximum absolute atomic E-state index is 8.47. The van der Waals surface area contributed by atoms with Gasteiger partial charge in [-0.05, 0) is 26.5 Å². The predicted molar refractivity (Wildman–Crippen MR) is 70.9 cm³/mol. The molecule has 0 amide bonds. The Hall–Kier alpha value is -1.48. The number of nitrogens with one attached hydrogen (secondary N) is 2. The number of aryl methyl sites for hydroxylation is 3. The molecule has 5 nitrogen and oxygen atoms in total. The highest BCUT2D eigenvalue weighted by atomic mass is 32.2. The highest BCUT2D eigenvalue weighted by molar-refractivity contribution is 8.13. The molecule has 17 heavy (non-hydrogen) atoms. The van der Waals surface area contributed by atoms with E-state index in [-0.39, 0.29) is 0 Å². The number of H-pyrrole nitrogens is 1. The highest BCUT2D eigenvalue weighted by Gasteiger charge is 2.01. The topological polar surface area (TPSA) is 76.9 Å². The molecule has 0 aliphatic carbocycles. The van der Waals surface area contributed by atoms with Crippen molar-refractivity contribution in [2.24, 2.45) is 4.99 Å². The van der Waals surface area contributed by atoms with Crippen LogP contribution in [0.5, 0.6) is 0 Å². The van der Waals surface area contributed by atoms with E-state index in [2.05, 4.69) is 20.3 Å². The van der Waals surface area contributed by atoms with Gasteiger partial charge in [-0.1, -0.05) is 11.8 Å². The van der Waals surface area contributed by atoms with Gasteiger partial charge >= 0.3 is 0 Å². The number of hydrogen-bond acceptors (Lipinski definition) is 4. The first-order valence-electron chi connectivity index (χ1n) is 5.43. The van der Waals surface area contributed by atoms with Crippen LogP contribution in [0.2, 0.25) is 0 Å². The van der Waals surface area contributed by atoms with Crippen molar-refractivity contribution in [3.8, 4) is 6.19 Å². The molecule has 92 valence electrons. The van der Waals surface area contributed by atoms with Gasteiger partial charge in [-0.15, -0.1) is 0 Å². The largest absolute Gasteiger partial charge is 0.346 e. The molecule has 0 saturated carbocycles. The molecule has 0 radical (unpaired) electrons. The first-order valence-corrected chi connectivity index (χ1v) is 6.65. The Kier molecular flexibility index (Phi) is 5.57. The molecule has 0 aromatic carbocycles. The summed E-state index contributed by atoms with van der Waals surface area (Å²) >= 11 is 1.44. The van der Waals surface area contributed by atoms with Gasteiger partial charge in [0.2, 0.25) is 0 Å². The summed E-state index contributed by atoms with van der Waals surface area (Å²) in [4.78, 5) is 11.9. The Labute approximate surface area is 106 Å². The van der Waals surface area contributed by atoms with Crippen LogP contribution in [-0.2, 0) is 6.42 Å². The molecule has 1 heterocycles. The van der Waals surface area contributed by atoms with Crippen molar-refractivity contribution in [1.29, 1.82) is 5.26 Å². The molecule has 0 saturated heterocycles. The smallest absolute Gasteiger partial charge is 0.183 e. The van der Waals surface area contributed by atoms with Gasteiger partial charge in [0.15, 0.2) is 11.4 Å². The minimum atomic E-state index is 0.666. The Morgan fingerprint density at radius 3 is 2.88 bits per heavy atom. The lowest BCUT2D eigenvalue weighted by Crippen LogP contribution is -2.13. The van der Waals surface area contributed by atoms with E-state index in [1.54, 1.807) is 0 Å². The molecule has 2 N–H and O–H groups in total. The SMILES string of the molecule is CSC(=NCCCc1nc(C)c(C)[nH]1)NC#N. The quantitative estimate of drug-likeness (QED) is 0.281. The summed E-state index contributed by atoms with van der Waals surface area (Å²) in [6.07, 6.45) is 5.56. The minimum Gasteiger partial charge on any atom is -0.346 e. The molecule has 0 aliphatic rings. The van der Waals surface area contributed by atoms with Crippen molar-refractivity contribution < 1.29 is 0 Å². The number of nitrogens with zero attached hydrogens (tertiary/aromatic N) is 3. The first kappa shape index (κ1) is 13.6. The van der Waals surface area contributed by atoms with E-state index in [1.807, 2.05) is 26.3 Å².